The Morgan fingerprint density at radius 3 is 2.75 bits per heavy atom. The molecule has 1 saturated carbocycles. The van der Waals surface area contributed by atoms with Crippen LogP contribution in [0.15, 0.2) is 23.0 Å². The Morgan fingerprint density at radius 1 is 1.50 bits per heavy atom. The van der Waals surface area contributed by atoms with Crippen molar-refractivity contribution in [1.82, 2.24) is 19.9 Å². The number of carboxylic acid groups (broad SMARTS) is 1. The van der Waals surface area contributed by atoms with Crippen molar-refractivity contribution in [3.8, 4) is 0 Å². The Bertz CT molecular complexity index is 597. The second kappa shape index (κ2) is 4.73. The third-order valence-corrected chi connectivity index (χ3v) is 4.05. The molecule has 7 nitrogen and oxygen atoms in total. The molecule has 2 aromatic heterocycles. The molecule has 20 heavy (non-hydrogen) atoms. The van der Waals surface area contributed by atoms with Gasteiger partial charge in [-0.05, 0) is 38.7 Å². The lowest BCUT2D eigenvalue weighted by Gasteiger charge is -2.35. The van der Waals surface area contributed by atoms with Crippen molar-refractivity contribution in [2.45, 2.75) is 44.1 Å². The van der Waals surface area contributed by atoms with E-state index in [9.17, 15) is 9.90 Å². The van der Waals surface area contributed by atoms with Crippen molar-refractivity contribution in [2.75, 3.05) is 0 Å². The van der Waals surface area contributed by atoms with Crippen LogP contribution in [0.25, 0.3) is 0 Å². The third kappa shape index (κ3) is 1.99. The van der Waals surface area contributed by atoms with Crippen molar-refractivity contribution in [2.24, 2.45) is 0 Å². The molecule has 1 aliphatic rings. The van der Waals surface area contributed by atoms with Crippen LogP contribution >= 0.6 is 0 Å². The van der Waals surface area contributed by atoms with Crippen molar-refractivity contribution < 1.29 is 14.4 Å². The molecule has 106 valence electrons. The monoisotopic (exact) mass is 276 g/mol. The summed E-state index contributed by atoms with van der Waals surface area (Å²) in [6.07, 6.45) is 5.75. The van der Waals surface area contributed by atoms with E-state index in [0.29, 0.717) is 37.4 Å². The van der Waals surface area contributed by atoms with E-state index in [1.54, 1.807) is 30.1 Å². The SMILES string of the molecule is Cc1noc(C2CCC(C(=O)O)(n3cccn3)CC2)n1. The van der Waals surface area contributed by atoms with Gasteiger partial charge in [0.05, 0.1) is 0 Å². The van der Waals surface area contributed by atoms with Gasteiger partial charge in [0.15, 0.2) is 11.4 Å². The van der Waals surface area contributed by atoms with Gasteiger partial charge in [-0.3, -0.25) is 4.68 Å². The lowest BCUT2D eigenvalue weighted by Crippen LogP contribution is -2.45. The molecule has 0 spiro atoms. The number of hydrogen-bond donors (Lipinski definition) is 1. The minimum atomic E-state index is -0.949. The first-order chi connectivity index (χ1) is 9.62. The standard InChI is InChI=1S/C13H16N4O3/c1-9-15-11(20-16-9)10-3-5-13(6-4-10,12(18)19)17-8-2-7-14-17/h2,7-8,10H,3-6H2,1H3,(H,18,19). The number of carbonyl (C=O) groups is 1. The summed E-state index contributed by atoms with van der Waals surface area (Å²) in [6, 6.07) is 1.75. The molecule has 0 radical (unpaired) electrons. The minimum Gasteiger partial charge on any atom is -0.479 e. The molecular weight excluding hydrogens is 260 g/mol. The Kier molecular flexibility index (Phi) is 3.04. The average molecular weight is 276 g/mol. The summed E-state index contributed by atoms with van der Waals surface area (Å²) in [5.41, 5.74) is -0.949. The van der Waals surface area contributed by atoms with Gasteiger partial charge in [-0.1, -0.05) is 5.16 Å². The summed E-state index contributed by atoms with van der Waals surface area (Å²) in [7, 11) is 0. The molecule has 1 aliphatic carbocycles. The second-order valence-electron chi connectivity index (χ2n) is 5.24. The second-order valence-corrected chi connectivity index (χ2v) is 5.24. The van der Waals surface area contributed by atoms with Gasteiger partial charge in [0, 0.05) is 18.3 Å². The van der Waals surface area contributed by atoms with E-state index in [2.05, 4.69) is 15.2 Å². The van der Waals surface area contributed by atoms with E-state index in [0.717, 1.165) is 0 Å². The van der Waals surface area contributed by atoms with Crippen molar-refractivity contribution >= 4 is 5.97 Å². The van der Waals surface area contributed by atoms with Gasteiger partial charge in [-0.25, -0.2) is 4.79 Å². The molecule has 0 unspecified atom stereocenters. The zero-order valence-electron chi connectivity index (χ0n) is 11.2. The molecular formula is C13H16N4O3. The lowest BCUT2D eigenvalue weighted by atomic mass is 9.76. The molecule has 0 bridgehead atoms. The Hall–Kier alpha value is -2.18. The van der Waals surface area contributed by atoms with Crippen LogP contribution in [0, 0.1) is 6.92 Å². The molecule has 1 N–H and O–H groups in total. The van der Waals surface area contributed by atoms with Gasteiger partial charge < -0.3 is 9.63 Å². The quantitative estimate of drug-likeness (QED) is 0.917. The largest absolute Gasteiger partial charge is 0.479 e. The van der Waals surface area contributed by atoms with Gasteiger partial charge in [-0.2, -0.15) is 10.1 Å². The number of aryl methyl sites for hydroxylation is 1. The topological polar surface area (TPSA) is 94.0 Å². The molecule has 0 amide bonds. The number of aliphatic carboxylic acids is 1. The van der Waals surface area contributed by atoms with Gasteiger partial charge in [0.25, 0.3) is 0 Å². The molecule has 1 fully saturated rings. The van der Waals surface area contributed by atoms with Crippen LogP contribution in [0.5, 0.6) is 0 Å². The fraction of sp³-hybridized carbons (Fsp3) is 0.538. The van der Waals surface area contributed by atoms with E-state index < -0.39 is 11.5 Å². The normalized spacial score (nSPS) is 26.6. The van der Waals surface area contributed by atoms with E-state index in [4.69, 9.17) is 4.52 Å². The minimum absolute atomic E-state index is 0.138. The van der Waals surface area contributed by atoms with Crippen molar-refractivity contribution in [3.63, 3.8) is 0 Å². The summed E-state index contributed by atoms with van der Waals surface area (Å²) in [5, 5.41) is 17.5. The number of aromatic nitrogens is 4. The number of carboxylic acids is 1. The lowest BCUT2D eigenvalue weighted by molar-refractivity contribution is -0.150. The van der Waals surface area contributed by atoms with Crippen molar-refractivity contribution in [3.05, 3.63) is 30.2 Å². The van der Waals surface area contributed by atoms with Gasteiger partial charge in [0.1, 0.15) is 0 Å². The Morgan fingerprint density at radius 2 is 2.25 bits per heavy atom. The van der Waals surface area contributed by atoms with Crippen LogP contribution in [0.3, 0.4) is 0 Å². The Balaban J connectivity index is 1.80. The van der Waals surface area contributed by atoms with Gasteiger partial charge >= 0.3 is 5.97 Å². The summed E-state index contributed by atoms with van der Waals surface area (Å²) in [5.74, 6) is 0.532. The zero-order valence-corrected chi connectivity index (χ0v) is 11.2. The highest BCUT2D eigenvalue weighted by Crippen LogP contribution is 2.41. The summed E-state index contributed by atoms with van der Waals surface area (Å²) in [6.45, 7) is 1.78. The first-order valence-corrected chi connectivity index (χ1v) is 6.65. The third-order valence-electron chi connectivity index (χ3n) is 4.05. The van der Waals surface area contributed by atoms with Crippen LogP contribution in [0.2, 0.25) is 0 Å². The molecule has 0 aliphatic heterocycles. The first kappa shape index (κ1) is 12.8. The number of rotatable bonds is 3. The average Bonchev–Trinajstić information content (AvgIpc) is 3.10. The molecule has 0 saturated heterocycles. The maximum Gasteiger partial charge on any atom is 0.331 e. The summed E-state index contributed by atoms with van der Waals surface area (Å²) >= 11 is 0. The zero-order chi connectivity index (χ0) is 14.2. The van der Waals surface area contributed by atoms with Crippen LogP contribution in [-0.2, 0) is 10.3 Å². The van der Waals surface area contributed by atoms with Gasteiger partial charge in [-0.15, -0.1) is 0 Å². The summed E-state index contributed by atoms with van der Waals surface area (Å²) < 4.78 is 6.75. The maximum absolute atomic E-state index is 11.7. The molecule has 3 rings (SSSR count). The van der Waals surface area contributed by atoms with Crippen LogP contribution < -0.4 is 0 Å². The van der Waals surface area contributed by atoms with Crippen molar-refractivity contribution in [1.29, 1.82) is 0 Å². The van der Waals surface area contributed by atoms with E-state index in [-0.39, 0.29) is 5.92 Å². The highest BCUT2D eigenvalue weighted by Gasteiger charge is 2.45. The number of nitrogens with zero attached hydrogens (tertiary/aromatic N) is 4. The molecule has 2 aromatic rings. The fourth-order valence-corrected chi connectivity index (χ4v) is 2.88. The van der Waals surface area contributed by atoms with E-state index in [1.807, 2.05) is 0 Å². The number of hydrogen-bond acceptors (Lipinski definition) is 5. The molecule has 7 heteroatoms. The Labute approximate surface area is 115 Å². The van der Waals surface area contributed by atoms with Crippen LogP contribution in [0.1, 0.15) is 43.3 Å². The first-order valence-electron chi connectivity index (χ1n) is 6.65. The highest BCUT2D eigenvalue weighted by molar-refractivity contribution is 5.76. The van der Waals surface area contributed by atoms with Gasteiger partial charge in [0.2, 0.25) is 5.89 Å². The predicted octanol–water partition coefficient (Wildman–Crippen LogP) is 1.71. The van der Waals surface area contributed by atoms with E-state index >= 15 is 0 Å². The summed E-state index contributed by atoms with van der Waals surface area (Å²) in [4.78, 5) is 16.0. The smallest absolute Gasteiger partial charge is 0.331 e. The predicted molar refractivity (Wildman–Crippen MR) is 68.1 cm³/mol. The van der Waals surface area contributed by atoms with E-state index in [1.165, 1.54) is 0 Å². The van der Waals surface area contributed by atoms with Crippen LogP contribution in [-0.4, -0.2) is 31.0 Å². The molecule has 0 atom stereocenters. The molecule has 0 aromatic carbocycles. The highest BCUT2D eigenvalue weighted by atomic mass is 16.5. The molecule has 2 heterocycles. The maximum atomic E-state index is 11.7. The fourth-order valence-electron chi connectivity index (χ4n) is 2.88. The van der Waals surface area contributed by atoms with Crippen LogP contribution in [0.4, 0.5) is 0 Å².